The number of hydrogen-bond acceptors (Lipinski definition) is 4. The summed E-state index contributed by atoms with van der Waals surface area (Å²) in [6, 6.07) is 8.69. The van der Waals surface area contributed by atoms with Crippen molar-refractivity contribution in [2.75, 3.05) is 6.61 Å². The second-order valence-corrected chi connectivity index (χ2v) is 3.93. The number of hydrogen-bond donors (Lipinski definition) is 2. The minimum Gasteiger partial charge on any atom is -0.485 e. The molecule has 0 aliphatic rings. The van der Waals surface area contributed by atoms with Crippen LogP contribution in [0.15, 0.2) is 41.0 Å². The first-order valence-corrected chi connectivity index (χ1v) is 5.83. The molecule has 0 aliphatic carbocycles. The number of aliphatic hydroxyl groups excluding tert-OH is 1. The van der Waals surface area contributed by atoms with Gasteiger partial charge in [0.15, 0.2) is 5.76 Å². The molecule has 2 rings (SSSR count). The van der Waals surface area contributed by atoms with Gasteiger partial charge in [0.05, 0.1) is 6.26 Å². The number of aliphatic hydroxyl groups is 1. The van der Waals surface area contributed by atoms with E-state index in [0.717, 1.165) is 5.56 Å². The number of furan rings is 1. The zero-order valence-corrected chi connectivity index (χ0v) is 10.2. The molecule has 100 valence electrons. The first kappa shape index (κ1) is 13.2. The van der Waals surface area contributed by atoms with Gasteiger partial charge in [-0.05, 0) is 24.1 Å². The lowest BCUT2D eigenvalue weighted by molar-refractivity contribution is 0.0692. The van der Waals surface area contributed by atoms with Crippen LogP contribution in [0, 0.1) is 0 Å². The monoisotopic (exact) mass is 262 g/mol. The maximum atomic E-state index is 10.9. The minimum absolute atomic E-state index is 0.0293. The summed E-state index contributed by atoms with van der Waals surface area (Å²) in [7, 11) is 0. The highest BCUT2D eigenvalue weighted by molar-refractivity contribution is 5.88. The minimum atomic E-state index is -1.05. The zero-order valence-electron chi connectivity index (χ0n) is 10.2. The Kier molecular flexibility index (Phi) is 4.20. The molecule has 0 saturated carbocycles. The molecule has 0 bridgehead atoms. The van der Waals surface area contributed by atoms with Crippen molar-refractivity contribution in [1.29, 1.82) is 0 Å². The van der Waals surface area contributed by atoms with Gasteiger partial charge in [-0.15, -0.1) is 0 Å². The van der Waals surface area contributed by atoms with Crippen LogP contribution in [-0.4, -0.2) is 22.8 Å². The van der Waals surface area contributed by atoms with E-state index < -0.39 is 5.97 Å². The molecule has 0 amide bonds. The average molecular weight is 262 g/mol. The van der Waals surface area contributed by atoms with Crippen LogP contribution in [0.1, 0.15) is 21.7 Å². The van der Waals surface area contributed by atoms with Gasteiger partial charge in [-0.2, -0.15) is 0 Å². The molecule has 1 aromatic carbocycles. The second-order valence-electron chi connectivity index (χ2n) is 3.93. The van der Waals surface area contributed by atoms with Crippen molar-refractivity contribution < 1.29 is 24.2 Å². The topological polar surface area (TPSA) is 79.9 Å². The van der Waals surface area contributed by atoms with E-state index in [2.05, 4.69) is 0 Å². The highest BCUT2D eigenvalue weighted by atomic mass is 16.5. The number of aromatic carboxylic acids is 1. The third kappa shape index (κ3) is 3.14. The lowest BCUT2D eigenvalue weighted by atomic mass is 10.1. The van der Waals surface area contributed by atoms with Crippen LogP contribution in [0.25, 0.3) is 0 Å². The van der Waals surface area contributed by atoms with E-state index in [0.29, 0.717) is 12.2 Å². The number of rotatable bonds is 6. The van der Waals surface area contributed by atoms with E-state index >= 15 is 0 Å². The van der Waals surface area contributed by atoms with Gasteiger partial charge in [-0.1, -0.05) is 18.2 Å². The van der Waals surface area contributed by atoms with Crippen LogP contribution in [0.3, 0.4) is 0 Å². The van der Waals surface area contributed by atoms with Gasteiger partial charge < -0.3 is 19.4 Å². The predicted octanol–water partition coefficient (Wildman–Crippen LogP) is 2.09. The summed E-state index contributed by atoms with van der Waals surface area (Å²) in [4.78, 5) is 10.9. The predicted molar refractivity (Wildman–Crippen MR) is 67.2 cm³/mol. The molecule has 1 heterocycles. The van der Waals surface area contributed by atoms with E-state index in [-0.39, 0.29) is 24.5 Å². The van der Waals surface area contributed by atoms with Gasteiger partial charge in [0.2, 0.25) is 0 Å². The van der Waals surface area contributed by atoms with Gasteiger partial charge in [0.1, 0.15) is 17.9 Å². The molecule has 1 aromatic heterocycles. The Morgan fingerprint density at radius 2 is 2.05 bits per heavy atom. The van der Waals surface area contributed by atoms with Crippen molar-refractivity contribution in [3.05, 3.63) is 53.5 Å². The number of ether oxygens (including phenoxy) is 1. The van der Waals surface area contributed by atoms with E-state index in [9.17, 15) is 4.79 Å². The SMILES string of the molecule is O=C(O)c1ccoc1COc1ccccc1CCO. The quantitative estimate of drug-likeness (QED) is 0.833. The lowest BCUT2D eigenvalue weighted by Gasteiger charge is -2.09. The van der Waals surface area contributed by atoms with Crippen LogP contribution in [0.5, 0.6) is 5.75 Å². The average Bonchev–Trinajstić information content (AvgIpc) is 2.86. The van der Waals surface area contributed by atoms with Crippen molar-refractivity contribution in [3.8, 4) is 5.75 Å². The maximum Gasteiger partial charge on any atom is 0.339 e. The molecular weight excluding hydrogens is 248 g/mol. The molecule has 0 unspecified atom stereocenters. The Labute approximate surface area is 110 Å². The third-order valence-electron chi connectivity index (χ3n) is 2.69. The van der Waals surface area contributed by atoms with Crippen molar-refractivity contribution in [2.45, 2.75) is 13.0 Å². The molecule has 2 N–H and O–H groups in total. The van der Waals surface area contributed by atoms with Crippen LogP contribution >= 0.6 is 0 Å². The van der Waals surface area contributed by atoms with Gasteiger partial charge in [-0.3, -0.25) is 0 Å². The largest absolute Gasteiger partial charge is 0.485 e. The van der Waals surface area contributed by atoms with Gasteiger partial charge >= 0.3 is 5.97 Å². The van der Waals surface area contributed by atoms with Crippen molar-refractivity contribution in [1.82, 2.24) is 0 Å². The van der Waals surface area contributed by atoms with E-state index in [1.54, 1.807) is 6.07 Å². The van der Waals surface area contributed by atoms with Crippen molar-refractivity contribution in [3.63, 3.8) is 0 Å². The van der Waals surface area contributed by atoms with E-state index in [4.69, 9.17) is 19.4 Å². The molecule has 5 nitrogen and oxygen atoms in total. The highest BCUT2D eigenvalue weighted by Crippen LogP contribution is 2.21. The fourth-order valence-electron chi connectivity index (χ4n) is 1.76. The number of para-hydroxylation sites is 1. The fourth-order valence-corrected chi connectivity index (χ4v) is 1.76. The molecule has 0 aliphatic heterocycles. The lowest BCUT2D eigenvalue weighted by Crippen LogP contribution is -2.04. The normalized spacial score (nSPS) is 10.4. The molecule has 19 heavy (non-hydrogen) atoms. The summed E-state index contributed by atoms with van der Waals surface area (Å²) in [5, 5.41) is 17.9. The second kappa shape index (κ2) is 6.06. The smallest absolute Gasteiger partial charge is 0.339 e. The number of carboxylic acids is 1. The van der Waals surface area contributed by atoms with E-state index in [1.807, 2.05) is 18.2 Å². The molecule has 0 saturated heterocycles. The summed E-state index contributed by atoms with van der Waals surface area (Å²) in [5.74, 6) is -0.161. The maximum absolute atomic E-state index is 10.9. The standard InChI is InChI=1S/C14H14O5/c15-7-5-10-3-1-2-4-12(10)19-9-13-11(14(16)17)6-8-18-13/h1-4,6,8,15H,5,7,9H2,(H,16,17). The summed E-state index contributed by atoms with van der Waals surface area (Å²) in [6.07, 6.45) is 1.81. The summed E-state index contributed by atoms with van der Waals surface area (Å²) in [6.45, 7) is 0.0680. The third-order valence-corrected chi connectivity index (χ3v) is 2.69. The Morgan fingerprint density at radius 3 is 2.79 bits per heavy atom. The molecule has 5 heteroatoms. The van der Waals surface area contributed by atoms with Crippen LogP contribution in [-0.2, 0) is 13.0 Å². The van der Waals surface area contributed by atoms with Crippen molar-refractivity contribution in [2.24, 2.45) is 0 Å². The molecule has 0 atom stereocenters. The van der Waals surface area contributed by atoms with Crippen LogP contribution < -0.4 is 4.74 Å². The molecule has 2 aromatic rings. The Bertz CT molecular complexity index is 558. The Balaban J connectivity index is 2.10. The fraction of sp³-hybridized carbons (Fsp3) is 0.214. The van der Waals surface area contributed by atoms with Gasteiger partial charge in [0, 0.05) is 6.61 Å². The van der Waals surface area contributed by atoms with Crippen LogP contribution in [0.4, 0.5) is 0 Å². The number of carbonyl (C=O) groups is 1. The Hall–Kier alpha value is -2.27. The number of carboxylic acid groups (broad SMARTS) is 1. The molecule has 0 radical (unpaired) electrons. The molecular formula is C14H14O5. The van der Waals surface area contributed by atoms with Crippen LogP contribution in [0.2, 0.25) is 0 Å². The van der Waals surface area contributed by atoms with Gasteiger partial charge in [0.25, 0.3) is 0 Å². The molecule has 0 fully saturated rings. The summed E-state index contributed by atoms with van der Waals surface area (Å²) < 4.78 is 10.6. The zero-order chi connectivity index (χ0) is 13.7. The van der Waals surface area contributed by atoms with Crippen molar-refractivity contribution >= 4 is 5.97 Å². The summed E-state index contributed by atoms with van der Waals surface area (Å²) in [5.41, 5.74) is 0.966. The molecule has 0 spiro atoms. The van der Waals surface area contributed by atoms with E-state index in [1.165, 1.54) is 12.3 Å². The Morgan fingerprint density at radius 1 is 1.26 bits per heavy atom. The first-order chi connectivity index (χ1) is 9.22. The van der Waals surface area contributed by atoms with Gasteiger partial charge in [-0.25, -0.2) is 4.79 Å². The number of benzene rings is 1. The summed E-state index contributed by atoms with van der Waals surface area (Å²) >= 11 is 0. The first-order valence-electron chi connectivity index (χ1n) is 5.83. The highest BCUT2D eigenvalue weighted by Gasteiger charge is 2.14.